The first-order valence-electron chi connectivity index (χ1n) is 11.7. The zero-order valence-electron chi connectivity index (χ0n) is 18.8. The third-order valence-electron chi connectivity index (χ3n) is 7.45. The molecule has 1 N–H and O–H groups in total. The fraction of sp³-hybridized carbons (Fsp3) is 0.773. The van der Waals surface area contributed by atoms with E-state index in [9.17, 15) is 14.4 Å². The van der Waals surface area contributed by atoms with Crippen LogP contribution in [0.1, 0.15) is 75.2 Å². The van der Waals surface area contributed by atoms with Crippen molar-refractivity contribution in [3.63, 3.8) is 0 Å². The van der Waals surface area contributed by atoms with E-state index in [1.165, 1.54) is 5.57 Å². The zero-order chi connectivity index (χ0) is 21.9. The van der Waals surface area contributed by atoms with Gasteiger partial charge in [0.05, 0.1) is 14.2 Å². The van der Waals surface area contributed by atoms with E-state index >= 15 is 0 Å². The average molecular weight is 377 g/mol. The molecular formula is C22H30O5. The van der Waals surface area contributed by atoms with Crippen molar-refractivity contribution in [1.29, 1.82) is 0 Å². The van der Waals surface area contributed by atoms with Gasteiger partial charge in [-0.2, -0.15) is 0 Å². The number of carbonyl (C=O) groups excluding carboxylic acids is 2. The van der Waals surface area contributed by atoms with Gasteiger partial charge in [-0.15, -0.1) is 0 Å². The van der Waals surface area contributed by atoms with Gasteiger partial charge in [0.15, 0.2) is 5.78 Å². The van der Waals surface area contributed by atoms with Crippen LogP contribution in [0.15, 0.2) is 11.6 Å². The summed E-state index contributed by atoms with van der Waals surface area (Å²) in [6.45, 7) is 1.88. The number of ketones is 1. The summed E-state index contributed by atoms with van der Waals surface area (Å²) in [5.41, 5.74) is 0.428. The molecule has 5 nitrogen and oxygen atoms in total. The number of rotatable bonds is 4. The fourth-order valence-electron chi connectivity index (χ4n) is 6.09. The highest BCUT2D eigenvalue weighted by Gasteiger charge is 2.57. The molecule has 0 aromatic rings. The third kappa shape index (κ3) is 3.34. The molecule has 0 heterocycles. The molecule has 4 aliphatic carbocycles. The third-order valence-corrected chi connectivity index (χ3v) is 7.45. The summed E-state index contributed by atoms with van der Waals surface area (Å²) in [5.74, 6) is -0.806. The predicted molar refractivity (Wildman–Crippen MR) is 98.8 cm³/mol. The summed E-state index contributed by atoms with van der Waals surface area (Å²) in [6.07, 6.45) is 1.79. The second-order valence-corrected chi connectivity index (χ2v) is 8.84. The molecule has 0 radical (unpaired) electrons. The molecule has 0 aromatic carbocycles. The molecule has 0 unspecified atom stereocenters. The second kappa shape index (κ2) is 7.06. The molecule has 5 heteroatoms. The summed E-state index contributed by atoms with van der Waals surface area (Å²) >= 11 is 0. The molecule has 27 heavy (non-hydrogen) atoms. The van der Waals surface area contributed by atoms with Crippen molar-refractivity contribution in [1.82, 2.24) is 0 Å². The Morgan fingerprint density at radius 3 is 2.85 bits per heavy atom. The topological polar surface area (TPSA) is 80.7 Å². The quantitative estimate of drug-likeness (QED) is 0.752. The molecule has 0 aliphatic heterocycles. The van der Waals surface area contributed by atoms with E-state index in [1.54, 1.807) is 0 Å². The summed E-state index contributed by atoms with van der Waals surface area (Å²) in [7, 11) is 0. The van der Waals surface area contributed by atoms with E-state index in [1.807, 2.05) is 13.0 Å². The highest BCUT2D eigenvalue weighted by molar-refractivity contribution is 5.91. The summed E-state index contributed by atoms with van der Waals surface area (Å²) < 4.78 is 31.7. The van der Waals surface area contributed by atoms with Crippen LogP contribution in [0, 0.1) is 29.1 Å². The standard InChI is InChI=1S/C22H30O5/c1-22-11-10-16-15-5-3-14(23)12-13(15)2-4-17(16)18(22)6-7-19(22)27-21(26)9-8-20(24)25/h12,15-19H,2-11H2,1H3,(H,24,25)/t15-,16+,17+,18-,19-,22-/m0/s1/i7D2,19D. The van der Waals surface area contributed by atoms with E-state index in [0.29, 0.717) is 24.7 Å². The summed E-state index contributed by atoms with van der Waals surface area (Å²) in [6, 6.07) is 0. The van der Waals surface area contributed by atoms with Gasteiger partial charge in [-0.3, -0.25) is 14.4 Å². The maximum absolute atomic E-state index is 12.3. The molecule has 4 rings (SSSR count). The van der Waals surface area contributed by atoms with Crippen LogP contribution in [0.2, 0.25) is 0 Å². The number of carboxylic acids is 1. The van der Waals surface area contributed by atoms with Crippen molar-refractivity contribution in [2.75, 3.05) is 0 Å². The first kappa shape index (κ1) is 15.3. The molecule has 6 atom stereocenters. The first-order valence-corrected chi connectivity index (χ1v) is 10.2. The van der Waals surface area contributed by atoms with E-state index in [-0.39, 0.29) is 30.5 Å². The molecule has 4 aliphatic rings. The Morgan fingerprint density at radius 1 is 1.26 bits per heavy atom. The van der Waals surface area contributed by atoms with Crippen LogP contribution in [0.5, 0.6) is 0 Å². The lowest BCUT2D eigenvalue weighted by Gasteiger charge is -2.53. The maximum atomic E-state index is 12.3. The minimum Gasteiger partial charge on any atom is -0.481 e. The van der Waals surface area contributed by atoms with Gasteiger partial charge in [0.1, 0.15) is 6.08 Å². The number of carbonyl (C=O) groups is 3. The van der Waals surface area contributed by atoms with Crippen LogP contribution in [-0.2, 0) is 19.1 Å². The second-order valence-electron chi connectivity index (χ2n) is 8.84. The molecule has 0 amide bonds. The van der Waals surface area contributed by atoms with Gasteiger partial charge < -0.3 is 9.84 Å². The van der Waals surface area contributed by atoms with Crippen molar-refractivity contribution in [3.05, 3.63) is 11.6 Å². The average Bonchev–Trinajstić information content (AvgIpc) is 2.82. The Kier molecular flexibility index (Phi) is 4.00. The first-order chi connectivity index (χ1) is 14.0. The van der Waals surface area contributed by atoms with Crippen LogP contribution >= 0.6 is 0 Å². The van der Waals surface area contributed by atoms with Gasteiger partial charge in [0.25, 0.3) is 0 Å². The van der Waals surface area contributed by atoms with Gasteiger partial charge in [-0.25, -0.2) is 0 Å². The molecule has 0 spiro atoms. The minimum atomic E-state index is -2.02. The number of hydrogen-bond acceptors (Lipinski definition) is 4. The summed E-state index contributed by atoms with van der Waals surface area (Å²) in [5, 5.41) is 8.81. The van der Waals surface area contributed by atoms with Crippen LogP contribution in [0.25, 0.3) is 0 Å². The summed E-state index contributed by atoms with van der Waals surface area (Å²) in [4.78, 5) is 34.9. The van der Waals surface area contributed by atoms with Crippen LogP contribution in [0.3, 0.4) is 0 Å². The Labute approximate surface area is 164 Å². The molecule has 3 saturated carbocycles. The number of fused-ring (bicyclic) bond motifs is 5. The monoisotopic (exact) mass is 377 g/mol. The SMILES string of the molecule is [2H]C1([2H])C[C@H]2[C@@H]3CCC4=CC(=O)CC[C@@H]4[C@H]3CC[C@]2(C)[C@@]1([2H])OC(=O)CCC(=O)O. The normalized spacial score (nSPS) is 46.6. The van der Waals surface area contributed by atoms with Gasteiger partial charge >= 0.3 is 11.9 Å². The van der Waals surface area contributed by atoms with Crippen molar-refractivity contribution < 1.29 is 28.3 Å². The highest BCUT2D eigenvalue weighted by atomic mass is 16.5. The lowest BCUT2D eigenvalue weighted by Crippen LogP contribution is -2.48. The van der Waals surface area contributed by atoms with Gasteiger partial charge in [-0.05, 0) is 74.6 Å². The smallest absolute Gasteiger partial charge is 0.306 e. The van der Waals surface area contributed by atoms with Crippen molar-refractivity contribution in [2.24, 2.45) is 29.1 Å². The van der Waals surface area contributed by atoms with Crippen molar-refractivity contribution >= 4 is 17.7 Å². The number of aliphatic carboxylic acids is 1. The van der Waals surface area contributed by atoms with E-state index < -0.39 is 36.2 Å². The Hall–Kier alpha value is -1.65. The minimum absolute atomic E-state index is 0.0739. The van der Waals surface area contributed by atoms with Crippen LogP contribution < -0.4 is 0 Å². The molecule has 0 bridgehead atoms. The van der Waals surface area contributed by atoms with Crippen molar-refractivity contribution in [3.8, 4) is 0 Å². The molecule has 0 saturated heterocycles. The highest BCUT2D eigenvalue weighted by Crippen LogP contribution is 2.62. The van der Waals surface area contributed by atoms with Gasteiger partial charge in [0.2, 0.25) is 0 Å². The number of esters is 1. The predicted octanol–water partition coefficient (Wildman–Crippen LogP) is 3.90. The van der Waals surface area contributed by atoms with E-state index in [2.05, 4.69) is 0 Å². The fourth-order valence-corrected chi connectivity index (χ4v) is 6.09. The Balaban J connectivity index is 1.60. The Bertz CT molecular complexity index is 809. The largest absolute Gasteiger partial charge is 0.481 e. The van der Waals surface area contributed by atoms with E-state index in [0.717, 1.165) is 25.7 Å². The number of allylic oxidation sites excluding steroid dienone is 1. The molecule has 148 valence electrons. The van der Waals surface area contributed by atoms with E-state index in [4.69, 9.17) is 14.0 Å². The van der Waals surface area contributed by atoms with Crippen molar-refractivity contribution in [2.45, 2.75) is 77.2 Å². The van der Waals surface area contributed by atoms with Crippen LogP contribution in [0.4, 0.5) is 0 Å². The van der Waals surface area contributed by atoms with Gasteiger partial charge in [-0.1, -0.05) is 12.5 Å². The van der Waals surface area contributed by atoms with Crippen LogP contribution in [-0.4, -0.2) is 28.9 Å². The molecule has 3 fully saturated rings. The number of hydrogen-bond donors (Lipinski definition) is 1. The maximum Gasteiger partial charge on any atom is 0.306 e. The lowest BCUT2D eigenvalue weighted by atomic mass is 9.52. The Morgan fingerprint density at radius 2 is 2.07 bits per heavy atom. The lowest BCUT2D eigenvalue weighted by molar-refractivity contribution is -0.160. The molecule has 0 aromatic heterocycles. The number of carboxylic acid groups (broad SMARTS) is 1. The number of ether oxygens (including phenoxy) is 1. The molecular weight excluding hydrogens is 344 g/mol. The van der Waals surface area contributed by atoms with Gasteiger partial charge in [0, 0.05) is 14.6 Å². The zero-order valence-corrected chi connectivity index (χ0v) is 15.8.